The number of alkyl halides is 3. The number of anilines is 1. The first kappa shape index (κ1) is 22.2. The van der Waals surface area contributed by atoms with Crippen molar-refractivity contribution in [2.24, 2.45) is 11.8 Å². The van der Waals surface area contributed by atoms with Crippen LogP contribution in [-0.4, -0.2) is 32.0 Å². The molecule has 0 bridgehead atoms. The quantitative estimate of drug-likeness (QED) is 0.451. The number of hydrogen-bond donors (Lipinski definition) is 0. The predicted molar refractivity (Wildman–Crippen MR) is 101 cm³/mol. The predicted octanol–water partition coefficient (Wildman–Crippen LogP) is 5.10. The van der Waals surface area contributed by atoms with Crippen molar-refractivity contribution in [2.45, 2.75) is 52.1 Å². The minimum atomic E-state index is -4.47. The van der Waals surface area contributed by atoms with E-state index < -0.39 is 11.7 Å². The second-order valence-electron chi connectivity index (χ2n) is 7.32. The van der Waals surface area contributed by atoms with E-state index in [1.54, 1.807) is 6.92 Å². The largest absolute Gasteiger partial charge is 0.466 e. The van der Waals surface area contributed by atoms with Crippen molar-refractivity contribution < 1.29 is 27.5 Å². The lowest BCUT2D eigenvalue weighted by atomic mass is 9.80. The Hall–Kier alpha value is -2.05. The van der Waals surface area contributed by atoms with Crippen LogP contribution in [0.3, 0.4) is 0 Å². The van der Waals surface area contributed by atoms with Gasteiger partial charge in [0.2, 0.25) is 0 Å². The molecule has 0 aliphatic heterocycles. The average molecular weight is 399 g/mol. The minimum Gasteiger partial charge on any atom is -0.466 e. The number of halogens is 3. The summed E-state index contributed by atoms with van der Waals surface area (Å²) in [5.41, 5.74) is -0.208. The molecule has 1 aromatic rings. The fourth-order valence-electron chi connectivity index (χ4n) is 3.90. The number of nitrogens with zero attached hydrogens (tertiary/aromatic N) is 1. The highest BCUT2D eigenvalue weighted by atomic mass is 19.4. The van der Waals surface area contributed by atoms with Crippen LogP contribution in [0.2, 0.25) is 0 Å². The first-order valence-electron chi connectivity index (χ1n) is 9.85. The van der Waals surface area contributed by atoms with Gasteiger partial charge in [-0.2, -0.15) is 13.2 Å². The zero-order chi connectivity index (χ0) is 20.7. The summed E-state index contributed by atoms with van der Waals surface area (Å²) in [6, 6.07) is 3.34. The summed E-state index contributed by atoms with van der Waals surface area (Å²) < 4.78 is 43.7. The van der Waals surface area contributed by atoms with E-state index in [2.05, 4.69) is 0 Å². The second kappa shape index (κ2) is 9.94. The van der Waals surface area contributed by atoms with Gasteiger partial charge in [0.25, 0.3) is 0 Å². The molecule has 0 spiro atoms. The molecule has 4 nitrogen and oxygen atoms in total. The van der Waals surface area contributed by atoms with Crippen LogP contribution in [-0.2, 0) is 15.7 Å². The number of benzene rings is 1. The van der Waals surface area contributed by atoms with Crippen molar-refractivity contribution >= 4 is 17.9 Å². The molecule has 0 atom stereocenters. The van der Waals surface area contributed by atoms with Gasteiger partial charge < -0.3 is 9.64 Å². The van der Waals surface area contributed by atoms with Gasteiger partial charge in [0.05, 0.1) is 12.2 Å². The molecule has 1 aromatic carbocycles. The van der Waals surface area contributed by atoms with Crippen LogP contribution in [0.5, 0.6) is 0 Å². The van der Waals surface area contributed by atoms with Crippen molar-refractivity contribution in [1.82, 2.24) is 0 Å². The second-order valence-corrected chi connectivity index (χ2v) is 7.32. The Morgan fingerprint density at radius 3 is 2.36 bits per heavy atom. The normalized spacial score (nSPS) is 19.9. The molecule has 7 heteroatoms. The number of aldehydes is 1. The number of hydrogen-bond acceptors (Lipinski definition) is 4. The molecule has 0 aromatic heterocycles. The summed E-state index contributed by atoms with van der Waals surface area (Å²) >= 11 is 0. The smallest absolute Gasteiger partial charge is 0.416 e. The third-order valence-electron chi connectivity index (χ3n) is 5.41. The molecule has 0 heterocycles. The summed E-state index contributed by atoms with van der Waals surface area (Å²) in [7, 11) is 0. The van der Waals surface area contributed by atoms with Gasteiger partial charge in [0, 0.05) is 30.8 Å². The van der Waals surface area contributed by atoms with Gasteiger partial charge in [-0.1, -0.05) is 0 Å². The average Bonchev–Trinajstić information content (AvgIpc) is 2.66. The van der Waals surface area contributed by atoms with Gasteiger partial charge in [0.15, 0.2) is 6.29 Å². The molecular weight excluding hydrogens is 371 g/mol. The maximum Gasteiger partial charge on any atom is 0.416 e. The number of esters is 1. The Bertz CT molecular complexity index is 667. The van der Waals surface area contributed by atoms with Crippen LogP contribution in [0.15, 0.2) is 18.2 Å². The van der Waals surface area contributed by atoms with E-state index >= 15 is 0 Å². The van der Waals surface area contributed by atoms with Crippen molar-refractivity contribution in [1.29, 1.82) is 0 Å². The summed E-state index contributed by atoms with van der Waals surface area (Å²) in [5, 5.41) is 0. The molecule has 1 aliphatic rings. The standard InChI is InChI=1S/C21H28F3NO3/c1-3-25(19-10-9-18(21(22,23)24)12-17(19)14-26)13-16-7-5-15(6-8-16)11-20(27)28-4-2/h9-10,12,14-16H,3-8,11,13H2,1-2H3. The van der Waals surface area contributed by atoms with Crippen molar-refractivity contribution in [3.05, 3.63) is 29.3 Å². The molecule has 0 amide bonds. The highest BCUT2D eigenvalue weighted by Gasteiger charge is 2.31. The molecule has 0 N–H and O–H groups in total. The SMILES string of the molecule is CCOC(=O)CC1CCC(CN(CC)c2ccc(C(F)(F)F)cc2C=O)CC1. The van der Waals surface area contributed by atoms with Crippen molar-refractivity contribution in [3.63, 3.8) is 0 Å². The van der Waals surface area contributed by atoms with Gasteiger partial charge in [-0.15, -0.1) is 0 Å². The van der Waals surface area contributed by atoms with Gasteiger partial charge in [-0.25, -0.2) is 0 Å². The molecule has 1 aliphatic carbocycles. The van der Waals surface area contributed by atoms with Crippen LogP contribution in [0, 0.1) is 11.8 Å². The van der Waals surface area contributed by atoms with Crippen molar-refractivity contribution in [3.8, 4) is 0 Å². The molecule has 28 heavy (non-hydrogen) atoms. The third kappa shape index (κ3) is 5.97. The number of carbonyl (C=O) groups is 2. The first-order chi connectivity index (χ1) is 13.3. The third-order valence-corrected chi connectivity index (χ3v) is 5.41. The molecule has 0 radical (unpaired) electrons. The van der Waals surface area contributed by atoms with Gasteiger partial charge in [0.1, 0.15) is 0 Å². The van der Waals surface area contributed by atoms with Gasteiger partial charge in [-0.05, 0) is 69.6 Å². The number of rotatable bonds is 8. The molecule has 2 rings (SSSR count). The van der Waals surface area contributed by atoms with E-state index in [9.17, 15) is 22.8 Å². The lowest BCUT2D eigenvalue weighted by molar-refractivity contribution is -0.144. The van der Waals surface area contributed by atoms with E-state index in [1.807, 2.05) is 11.8 Å². The van der Waals surface area contributed by atoms with Crippen LogP contribution in [0.25, 0.3) is 0 Å². The maximum absolute atomic E-state index is 12.9. The summed E-state index contributed by atoms with van der Waals surface area (Å²) in [6.45, 7) is 5.41. The Morgan fingerprint density at radius 1 is 1.18 bits per heavy atom. The topological polar surface area (TPSA) is 46.6 Å². The Labute approximate surface area is 164 Å². The van der Waals surface area contributed by atoms with E-state index in [-0.39, 0.29) is 11.5 Å². The van der Waals surface area contributed by atoms with Crippen molar-refractivity contribution in [2.75, 3.05) is 24.6 Å². The maximum atomic E-state index is 12.9. The van der Waals surface area contributed by atoms with Crippen LogP contribution in [0.1, 0.15) is 61.9 Å². The number of ether oxygens (including phenoxy) is 1. The fraction of sp³-hybridized carbons (Fsp3) is 0.619. The summed E-state index contributed by atoms with van der Waals surface area (Å²) in [5.74, 6) is 0.573. The highest BCUT2D eigenvalue weighted by Crippen LogP contribution is 2.35. The highest BCUT2D eigenvalue weighted by molar-refractivity contribution is 5.85. The lowest BCUT2D eigenvalue weighted by Crippen LogP contribution is -2.32. The number of carbonyl (C=O) groups excluding carboxylic acids is 2. The monoisotopic (exact) mass is 399 g/mol. The van der Waals surface area contributed by atoms with Crippen LogP contribution in [0.4, 0.5) is 18.9 Å². The summed E-state index contributed by atoms with van der Waals surface area (Å²) in [6.07, 6.45) is 0.263. The molecule has 1 fully saturated rings. The molecule has 1 saturated carbocycles. The Balaban J connectivity index is 2.00. The van der Waals surface area contributed by atoms with Gasteiger partial charge in [-0.3, -0.25) is 9.59 Å². The molecule has 0 saturated heterocycles. The molecule has 156 valence electrons. The van der Waals surface area contributed by atoms with E-state index in [0.717, 1.165) is 37.8 Å². The summed E-state index contributed by atoms with van der Waals surface area (Å²) in [4.78, 5) is 25.0. The zero-order valence-corrected chi connectivity index (χ0v) is 16.4. The van der Waals surface area contributed by atoms with Crippen LogP contribution >= 0.6 is 0 Å². The minimum absolute atomic E-state index is 0.0627. The van der Waals surface area contributed by atoms with E-state index in [1.165, 1.54) is 6.07 Å². The van der Waals surface area contributed by atoms with E-state index in [4.69, 9.17) is 4.74 Å². The Kier molecular flexibility index (Phi) is 7.89. The molecule has 0 unspecified atom stereocenters. The fourth-order valence-corrected chi connectivity index (χ4v) is 3.90. The lowest BCUT2D eigenvalue weighted by Gasteiger charge is -2.33. The first-order valence-corrected chi connectivity index (χ1v) is 9.85. The van der Waals surface area contributed by atoms with E-state index in [0.29, 0.717) is 49.9 Å². The zero-order valence-electron chi connectivity index (χ0n) is 16.4. The molecular formula is C21H28F3NO3. The van der Waals surface area contributed by atoms with Gasteiger partial charge >= 0.3 is 12.1 Å². The van der Waals surface area contributed by atoms with Crippen LogP contribution < -0.4 is 4.90 Å². The Morgan fingerprint density at radius 2 is 1.82 bits per heavy atom.